The summed E-state index contributed by atoms with van der Waals surface area (Å²) in [6, 6.07) is 11.2. The summed E-state index contributed by atoms with van der Waals surface area (Å²) in [7, 11) is 0. The van der Waals surface area contributed by atoms with E-state index in [0.29, 0.717) is 18.8 Å². The van der Waals surface area contributed by atoms with Gasteiger partial charge in [0.05, 0.1) is 12.4 Å². The van der Waals surface area contributed by atoms with Gasteiger partial charge in [-0.05, 0) is 29.8 Å². The zero-order valence-corrected chi connectivity index (χ0v) is 12.9. The molecule has 1 aromatic carbocycles. The van der Waals surface area contributed by atoms with Crippen LogP contribution in [0.2, 0.25) is 0 Å². The molecule has 0 aliphatic carbocycles. The largest absolute Gasteiger partial charge is 0.459 e. The van der Waals surface area contributed by atoms with Crippen molar-refractivity contribution in [1.82, 2.24) is 4.90 Å². The molecular weight excluding hydrogens is 294 g/mol. The van der Waals surface area contributed by atoms with Crippen molar-refractivity contribution in [2.75, 3.05) is 37.6 Å². The van der Waals surface area contributed by atoms with E-state index in [2.05, 4.69) is 4.90 Å². The Hall–Kier alpha value is -2.31. The normalized spacial score (nSPS) is 16.4. The van der Waals surface area contributed by atoms with Crippen LogP contribution in [0.5, 0.6) is 0 Å². The molecule has 6 nitrogen and oxygen atoms in total. The molecule has 0 saturated carbocycles. The number of nitrogens with zero attached hydrogens (tertiary/aromatic N) is 2. The van der Waals surface area contributed by atoms with Crippen LogP contribution in [-0.2, 0) is 0 Å². The Morgan fingerprint density at radius 2 is 1.87 bits per heavy atom. The van der Waals surface area contributed by atoms with Crippen LogP contribution in [0.4, 0.5) is 5.69 Å². The number of hydrogen-bond donors (Lipinski definition) is 2. The number of anilines is 1. The fourth-order valence-electron chi connectivity index (χ4n) is 2.77. The molecule has 1 saturated heterocycles. The maximum absolute atomic E-state index is 12.2. The molecule has 23 heavy (non-hydrogen) atoms. The number of carbonyl (C=O) groups excluding carboxylic acids is 1. The first-order valence-corrected chi connectivity index (χ1v) is 7.75. The van der Waals surface area contributed by atoms with Gasteiger partial charge in [0.15, 0.2) is 5.76 Å². The number of aliphatic hydroxyl groups excluding tert-OH is 1. The Morgan fingerprint density at radius 1 is 1.17 bits per heavy atom. The minimum atomic E-state index is -0.619. The molecule has 1 atom stereocenters. The van der Waals surface area contributed by atoms with Gasteiger partial charge < -0.3 is 25.1 Å². The predicted molar refractivity (Wildman–Crippen MR) is 87.3 cm³/mol. The van der Waals surface area contributed by atoms with Gasteiger partial charge in [0.1, 0.15) is 0 Å². The van der Waals surface area contributed by atoms with E-state index >= 15 is 0 Å². The molecule has 122 valence electrons. The van der Waals surface area contributed by atoms with Gasteiger partial charge in [-0.3, -0.25) is 4.79 Å². The molecule has 0 spiro atoms. The van der Waals surface area contributed by atoms with Crippen molar-refractivity contribution in [3.05, 3.63) is 54.0 Å². The summed E-state index contributed by atoms with van der Waals surface area (Å²) in [5, 5.41) is 9.73. The van der Waals surface area contributed by atoms with Crippen molar-refractivity contribution in [1.29, 1.82) is 0 Å². The number of furan rings is 1. The summed E-state index contributed by atoms with van der Waals surface area (Å²) in [4.78, 5) is 16.3. The fourth-order valence-corrected chi connectivity index (χ4v) is 2.77. The van der Waals surface area contributed by atoms with Gasteiger partial charge in [-0.15, -0.1) is 0 Å². The van der Waals surface area contributed by atoms with E-state index in [4.69, 9.17) is 10.2 Å². The molecular formula is C17H21N3O3. The van der Waals surface area contributed by atoms with Crippen LogP contribution >= 0.6 is 0 Å². The van der Waals surface area contributed by atoms with Gasteiger partial charge in [-0.2, -0.15) is 0 Å². The van der Waals surface area contributed by atoms with Crippen molar-refractivity contribution in [2.24, 2.45) is 5.73 Å². The van der Waals surface area contributed by atoms with E-state index in [0.717, 1.165) is 24.3 Å². The van der Waals surface area contributed by atoms with Crippen molar-refractivity contribution < 1.29 is 14.3 Å². The van der Waals surface area contributed by atoms with E-state index in [1.54, 1.807) is 12.1 Å². The predicted octanol–water partition coefficient (Wildman–Crippen LogP) is 1.23. The lowest BCUT2D eigenvalue weighted by Gasteiger charge is -2.35. The van der Waals surface area contributed by atoms with Crippen LogP contribution in [0.1, 0.15) is 22.2 Å². The summed E-state index contributed by atoms with van der Waals surface area (Å²) < 4.78 is 5.17. The summed E-state index contributed by atoms with van der Waals surface area (Å²) in [5.74, 6) is 0.328. The number of nitrogens with two attached hydrogens (primary N) is 1. The van der Waals surface area contributed by atoms with Crippen molar-refractivity contribution in [3.8, 4) is 0 Å². The topological polar surface area (TPSA) is 82.9 Å². The quantitative estimate of drug-likeness (QED) is 0.887. The molecule has 1 fully saturated rings. The summed E-state index contributed by atoms with van der Waals surface area (Å²) in [6.07, 6.45) is 0.896. The van der Waals surface area contributed by atoms with Crippen LogP contribution in [0.15, 0.2) is 47.1 Å². The third-order valence-electron chi connectivity index (χ3n) is 4.17. The van der Waals surface area contributed by atoms with Gasteiger partial charge in [0.2, 0.25) is 0 Å². The third kappa shape index (κ3) is 3.38. The highest BCUT2D eigenvalue weighted by Gasteiger charge is 2.23. The first-order chi connectivity index (χ1) is 11.2. The molecule has 3 rings (SSSR count). The average Bonchev–Trinajstić information content (AvgIpc) is 3.15. The Labute approximate surface area is 135 Å². The van der Waals surface area contributed by atoms with Crippen LogP contribution < -0.4 is 10.6 Å². The van der Waals surface area contributed by atoms with Gasteiger partial charge in [0.25, 0.3) is 5.91 Å². The van der Waals surface area contributed by atoms with Gasteiger partial charge in [-0.1, -0.05) is 12.1 Å². The zero-order chi connectivity index (χ0) is 16.2. The van der Waals surface area contributed by atoms with E-state index in [9.17, 15) is 9.90 Å². The SMILES string of the molecule is NCC(O)c1ccc(N2CCN(C(=O)c3ccco3)CC2)cc1. The lowest BCUT2D eigenvalue weighted by atomic mass is 10.1. The number of carbonyl (C=O) groups is 1. The monoisotopic (exact) mass is 315 g/mol. The molecule has 2 aromatic rings. The molecule has 3 N–H and O–H groups in total. The highest BCUT2D eigenvalue weighted by molar-refractivity contribution is 5.91. The molecule has 2 heterocycles. The minimum Gasteiger partial charge on any atom is -0.459 e. The average molecular weight is 315 g/mol. The lowest BCUT2D eigenvalue weighted by Crippen LogP contribution is -2.48. The van der Waals surface area contributed by atoms with E-state index in [1.807, 2.05) is 29.2 Å². The number of hydrogen-bond acceptors (Lipinski definition) is 5. The molecule has 1 unspecified atom stereocenters. The van der Waals surface area contributed by atoms with Crippen LogP contribution in [0, 0.1) is 0 Å². The molecule has 0 radical (unpaired) electrons. The maximum Gasteiger partial charge on any atom is 0.289 e. The molecule has 1 amide bonds. The molecule has 1 aromatic heterocycles. The fraction of sp³-hybridized carbons (Fsp3) is 0.353. The number of rotatable bonds is 4. The molecule has 0 bridgehead atoms. The van der Waals surface area contributed by atoms with E-state index in [1.165, 1.54) is 6.26 Å². The van der Waals surface area contributed by atoms with Crippen LogP contribution in [0.3, 0.4) is 0 Å². The number of aliphatic hydroxyl groups is 1. The van der Waals surface area contributed by atoms with Gasteiger partial charge >= 0.3 is 0 Å². The van der Waals surface area contributed by atoms with Gasteiger partial charge in [0, 0.05) is 38.4 Å². The highest BCUT2D eigenvalue weighted by atomic mass is 16.3. The summed E-state index contributed by atoms with van der Waals surface area (Å²) in [6.45, 7) is 3.07. The van der Waals surface area contributed by atoms with E-state index in [-0.39, 0.29) is 12.5 Å². The Kier molecular flexibility index (Phi) is 4.64. The Balaban J connectivity index is 1.59. The second-order valence-corrected chi connectivity index (χ2v) is 5.60. The smallest absolute Gasteiger partial charge is 0.289 e. The maximum atomic E-state index is 12.2. The number of amides is 1. The summed E-state index contributed by atoms with van der Waals surface area (Å²) >= 11 is 0. The minimum absolute atomic E-state index is 0.0592. The van der Waals surface area contributed by atoms with Crippen LogP contribution in [0.25, 0.3) is 0 Å². The van der Waals surface area contributed by atoms with Crippen molar-refractivity contribution >= 4 is 11.6 Å². The van der Waals surface area contributed by atoms with Gasteiger partial charge in [-0.25, -0.2) is 0 Å². The third-order valence-corrected chi connectivity index (χ3v) is 4.17. The first kappa shape index (κ1) is 15.6. The highest BCUT2D eigenvalue weighted by Crippen LogP contribution is 2.20. The first-order valence-electron chi connectivity index (χ1n) is 7.75. The molecule has 6 heteroatoms. The standard InChI is InChI=1S/C17H21N3O3/c18-12-15(21)13-3-5-14(6-4-13)19-7-9-20(10-8-19)17(22)16-2-1-11-23-16/h1-6,11,15,21H,7-10,12,18H2. The van der Waals surface area contributed by atoms with E-state index < -0.39 is 6.10 Å². The molecule has 1 aliphatic heterocycles. The van der Waals surface area contributed by atoms with Crippen LogP contribution in [-0.4, -0.2) is 48.6 Å². The van der Waals surface area contributed by atoms with Crippen molar-refractivity contribution in [2.45, 2.75) is 6.10 Å². The number of benzene rings is 1. The second kappa shape index (κ2) is 6.85. The Bertz CT molecular complexity index is 632. The number of piperazine rings is 1. The summed E-state index contributed by atoms with van der Waals surface area (Å²) in [5.41, 5.74) is 7.37. The lowest BCUT2D eigenvalue weighted by molar-refractivity contribution is 0.0714. The Morgan fingerprint density at radius 3 is 2.43 bits per heavy atom. The zero-order valence-electron chi connectivity index (χ0n) is 12.9. The van der Waals surface area contributed by atoms with Crippen molar-refractivity contribution in [3.63, 3.8) is 0 Å². The molecule has 1 aliphatic rings. The second-order valence-electron chi connectivity index (χ2n) is 5.60.